The molecule has 0 bridgehead atoms. The van der Waals surface area contributed by atoms with E-state index in [0.29, 0.717) is 22.6 Å². The van der Waals surface area contributed by atoms with Crippen molar-refractivity contribution in [1.82, 2.24) is 19.4 Å². The van der Waals surface area contributed by atoms with E-state index in [9.17, 15) is 37.8 Å². The number of rotatable bonds is 7. The van der Waals surface area contributed by atoms with Gasteiger partial charge in [0.25, 0.3) is 11.8 Å². The number of benzene rings is 1. The first-order chi connectivity index (χ1) is 17.7. The van der Waals surface area contributed by atoms with Gasteiger partial charge >= 0.3 is 12.1 Å². The number of alkyl halides is 3. The van der Waals surface area contributed by atoms with E-state index in [1.807, 2.05) is 0 Å². The number of imidazole rings is 1. The molecular weight excluding hydrogens is 511 g/mol. The number of anilines is 1. The summed E-state index contributed by atoms with van der Waals surface area (Å²) in [6, 6.07) is 3.49. The zero-order valence-electron chi connectivity index (χ0n) is 20.4. The second-order valence-corrected chi connectivity index (χ2v) is 8.79. The van der Waals surface area contributed by atoms with Gasteiger partial charge in [-0.05, 0) is 43.7 Å². The SMILES string of the molecule is Cc1[nH]c(C=C2C(=O)Nc3ccc(OC(F)(F)F)cc32)c(C)c1C(=O)NC[C@@H](O)Cn1c(O)cn(C)c1=O. The van der Waals surface area contributed by atoms with E-state index >= 15 is 0 Å². The van der Waals surface area contributed by atoms with Crippen LogP contribution in [0.3, 0.4) is 0 Å². The van der Waals surface area contributed by atoms with Crippen LogP contribution in [-0.4, -0.2) is 55.2 Å². The molecule has 11 nitrogen and oxygen atoms in total. The number of ether oxygens (including phenoxy) is 1. The fourth-order valence-corrected chi connectivity index (χ4v) is 4.24. The average Bonchev–Trinajstić information content (AvgIpc) is 3.37. The number of aromatic hydroxyl groups is 1. The van der Waals surface area contributed by atoms with E-state index in [0.717, 1.165) is 21.3 Å². The minimum Gasteiger partial charge on any atom is -0.493 e. The highest BCUT2D eigenvalue weighted by Gasteiger charge is 2.33. The van der Waals surface area contributed by atoms with Gasteiger partial charge in [-0.15, -0.1) is 13.2 Å². The first-order valence-corrected chi connectivity index (χ1v) is 11.3. The Kier molecular flexibility index (Phi) is 6.84. The normalized spacial score (nSPS) is 14.9. The summed E-state index contributed by atoms with van der Waals surface area (Å²) in [6.07, 6.45) is -3.45. The lowest BCUT2D eigenvalue weighted by Gasteiger charge is -2.13. The maximum Gasteiger partial charge on any atom is 0.573 e. The molecule has 3 aromatic rings. The number of aromatic amines is 1. The number of H-pyrrole nitrogens is 1. The molecule has 0 saturated heterocycles. The van der Waals surface area contributed by atoms with E-state index in [1.54, 1.807) is 13.8 Å². The summed E-state index contributed by atoms with van der Waals surface area (Å²) < 4.78 is 44.0. The van der Waals surface area contributed by atoms with Gasteiger partial charge in [-0.2, -0.15) is 0 Å². The first kappa shape index (κ1) is 26.6. The van der Waals surface area contributed by atoms with Crippen molar-refractivity contribution < 1.29 is 37.7 Å². The van der Waals surface area contributed by atoms with Crippen LogP contribution in [0, 0.1) is 13.8 Å². The Hall–Kier alpha value is -4.46. The summed E-state index contributed by atoms with van der Waals surface area (Å²) in [5.74, 6) is -1.89. The van der Waals surface area contributed by atoms with Gasteiger partial charge in [0.1, 0.15) is 5.75 Å². The molecule has 2 amide bonds. The lowest BCUT2D eigenvalue weighted by Crippen LogP contribution is -2.37. The molecule has 5 N–H and O–H groups in total. The van der Waals surface area contributed by atoms with Gasteiger partial charge in [0.05, 0.1) is 30.0 Å². The van der Waals surface area contributed by atoms with Crippen LogP contribution in [0.25, 0.3) is 11.6 Å². The zero-order valence-corrected chi connectivity index (χ0v) is 20.4. The highest BCUT2D eigenvalue weighted by atomic mass is 19.4. The molecule has 0 fully saturated rings. The van der Waals surface area contributed by atoms with Crippen molar-refractivity contribution in [3.63, 3.8) is 0 Å². The van der Waals surface area contributed by atoms with E-state index in [-0.39, 0.29) is 35.7 Å². The Labute approximate surface area is 213 Å². The van der Waals surface area contributed by atoms with Crippen LogP contribution in [0.5, 0.6) is 11.6 Å². The summed E-state index contributed by atoms with van der Waals surface area (Å²) in [4.78, 5) is 40.4. The number of nitrogens with zero attached hydrogens (tertiary/aromatic N) is 2. The molecule has 1 aliphatic rings. The number of nitrogens with one attached hydrogen (secondary N) is 3. The predicted octanol–water partition coefficient (Wildman–Crippen LogP) is 2.02. The first-order valence-electron chi connectivity index (χ1n) is 11.3. The fraction of sp³-hybridized carbons (Fsp3) is 0.292. The number of aliphatic hydroxyl groups excluding tert-OH is 1. The lowest BCUT2D eigenvalue weighted by atomic mass is 10.0. The number of hydrogen-bond donors (Lipinski definition) is 5. The second-order valence-electron chi connectivity index (χ2n) is 8.79. The number of aliphatic hydroxyl groups is 1. The summed E-state index contributed by atoms with van der Waals surface area (Å²) in [5, 5.41) is 25.2. The Morgan fingerprint density at radius 1 is 1.26 bits per heavy atom. The lowest BCUT2D eigenvalue weighted by molar-refractivity contribution is -0.274. The molecule has 202 valence electrons. The van der Waals surface area contributed by atoms with Gasteiger partial charge < -0.3 is 30.6 Å². The number of amides is 2. The molecule has 38 heavy (non-hydrogen) atoms. The average molecular weight is 535 g/mol. The van der Waals surface area contributed by atoms with Gasteiger partial charge in [0, 0.05) is 36.2 Å². The number of halogens is 3. The molecule has 1 aliphatic heterocycles. The molecule has 4 rings (SSSR count). The highest BCUT2D eigenvalue weighted by Crippen LogP contribution is 2.37. The van der Waals surface area contributed by atoms with Crippen molar-refractivity contribution in [3.8, 4) is 11.6 Å². The third kappa shape index (κ3) is 5.29. The van der Waals surface area contributed by atoms with E-state index < -0.39 is 35.7 Å². The molecule has 0 saturated carbocycles. The topological polar surface area (TPSA) is 151 Å². The predicted molar refractivity (Wildman–Crippen MR) is 130 cm³/mol. The van der Waals surface area contributed by atoms with Crippen molar-refractivity contribution in [2.75, 3.05) is 11.9 Å². The van der Waals surface area contributed by atoms with E-state index in [2.05, 4.69) is 20.4 Å². The summed E-state index contributed by atoms with van der Waals surface area (Å²) in [7, 11) is 1.44. The minimum absolute atomic E-state index is 0.0764. The molecule has 0 aliphatic carbocycles. The number of aryl methyl sites for hydroxylation is 2. The third-order valence-corrected chi connectivity index (χ3v) is 6.01. The molecule has 14 heteroatoms. The molecule has 1 atom stereocenters. The summed E-state index contributed by atoms with van der Waals surface area (Å²) in [5.41, 5.74) is 1.61. The Morgan fingerprint density at radius 2 is 1.97 bits per heavy atom. The van der Waals surface area contributed by atoms with Gasteiger partial charge in [0.15, 0.2) is 0 Å². The number of aromatic nitrogens is 3. The zero-order chi connectivity index (χ0) is 27.9. The highest BCUT2D eigenvalue weighted by molar-refractivity contribution is 6.35. The van der Waals surface area contributed by atoms with Crippen molar-refractivity contribution in [2.24, 2.45) is 7.05 Å². The van der Waals surface area contributed by atoms with Crippen molar-refractivity contribution in [3.05, 3.63) is 63.0 Å². The largest absolute Gasteiger partial charge is 0.573 e. The number of fused-ring (bicyclic) bond motifs is 1. The van der Waals surface area contributed by atoms with Gasteiger partial charge in [0.2, 0.25) is 5.88 Å². The van der Waals surface area contributed by atoms with Crippen molar-refractivity contribution >= 4 is 29.2 Å². The third-order valence-electron chi connectivity index (χ3n) is 6.01. The second kappa shape index (κ2) is 9.78. The Morgan fingerprint density at radius 3 is 2.61 bits per heavy atom. The molecular formula is C24H24F3N5O6. The van der Waals surface area contributed by atoms with Crippen LogP contribution < -0.4 is 21.1 Å². The number of carbonyl (C=O) groups excluding carboxylic acids is 2. The van der Waals surface area contributed by atoms with E-state index in [1.165, 1.54) is 25.4 Å². The molecule has 0 radical (unpaired) electrons. The summed E-state index contributed by atoms with van der Waals surface area (Å²) >= 11 is 0. The Balaban J connectivity index is 1.53. The number of carbonyl (C=O) groups is 2. The van der Waals surface area contributed by atoms with Crippen LogP contribution in [0.1, 0.15) is 32.9 Å². The molecule has 3 heterocycles. The minimum atomic E-state index is -4.89. The molecule has 1 aromatic carbocycles. The van der Waals surface area contributed by atoms with Gasteiger partial charge in [-0.3, -0.25) is 18.7 Å². The van der Waals surface area contributed by atoms with E-state index in [4.69, 9.17) is 0 Å². The van der Waals surface area contributed by atoms with Crippen molar-refractivity contribution in [1.29, 1.82) is 0 Å². The fourth-order valence-electron chi connectivity index (χ4n) is 4.24. The monoisotopic (exact) mass is 535 g/mol. The van der Waals surface area contributed by atoms with Crippen LogP contribution in [0.15, 0.2) is 29.2 Å². The van der Waals surface area contributed by atoms with Crippen LogP contribution in [0.4, 0.5) is 18.9 Å². The van der Waals surface area contributed by atoms with Crippen LogP contribution >= 0.6 is 0 Å². The Bertz CT molecular complexity index is 1510. The molecule has 0 spiro atoms. The van der Waals surface area contributed by atoms with Crippen molar-refractivity contribution in [2.45, 2.75) is 32.9 Å². The summed E-state index contributed by atoms with van der Waals surface area (Å²) in [6.45, 7) is 2.78. The molecule has 0 unspecified atom stereocenters. The quantitative estimate of drug-likeness (QED) is 0.292. The maximum atomic E-state index is 12.9. The van der Waals surface area contributed by atoms with Gasteiger partial charge in [-0.1, -0.05) is 0 Å². The molecule has 2 aromatic heterocycles. The standard InChI is InChI=1S/C24H24F3N5O6/c1-11-18(7-16-15-6-14(38-24(25,26)27)4-5-17(15)30-21(16)35)29-12(2)20(11)22(36)28-8-13(33)9-32-19(34)10-31(3)23(32)37/h4-7,10,13,29,33-34H,8-9H2,1-3H3,(H,28,36)(H,30,35)/t13-/m1/s1. The number of hydrogen-bond acceptors (Lipinski definition) is 6. The maximum absolute atomic E-state index is 12.9. The van der Waals surface area contributed by atoms with Crippen LogP contribution in [-0.2, 0) is 18.4 Å². The van der Waals surface area contributed by atoms with Crippen LogP contribution in [0.2, 0.25) is 0 Å². The smallest absolute Gasteiger partial charge is 0.493 e. The van der Waals surface area contributed by atoms with Gasteiger partial charge in [-0.25, -0.2) is 4.79 Å².